The summed E-state index contributed by atoms with van der Waals surface area (Å²) in [6.45, 7) is 9.46. The number of Topliss-reactive ketones (excluding diaryl/α,β-unsaturated/α-hetero) is 1. The predicted molar refractivity (Wildman–Crippen MR) is 98.0 cm³/mol. The second kappa shape index (κ2) is 6.72. The van der Waals surface area contributed by atoms with E-state index in [4.69, 9.17) is 0 Å². The van der Waals surface area contributed by atoms with E-state index in [1.165, 1.54) is 84.0 Å². The molecule has 3 nitrogen and oxygen atoms in total. The molecule has 3 heteroatoms. The number of likely N-dealkylation sites (tertiary alicyclic amines) is 2. The van der Waals surface area contributed by atoms with Crippen LogP contribution in [0.3, 0.4) is 0 Å². The summed E-state index contributed by atoms with van der Waals surface area (Å²) in [4.78, 5) is 17.0. The fraction of sp³-hybridized carbons (Fsp3) is 0.952. The van der Waals surface area contributed by atoms with Gasteiger partial charge in [-0.15, -0.1) is 0 Å². The Labute approximate surface area is 148 Å². The van der Waals surface area contributed by atoms with E-state index in [-0.39, 0.29) is 0 Å². The van der Waals surface area contributed by atoms with Crippen LogP contribution in [0.4, 0.5) is 0 Å². The highest BCUT2D eigenvalue weighted by molar-refractivity contribution is 5.79. The minimum absolute atomic E-state index is 0.405. The van der Waals surface area contributed by atoms with Gasteiger partial charge >= 0.3 is 0 Å². The minimum Gasteiger partial charge on any atom is -0.300 e. The molecule has 136 valence electrons. The lowest BCUT2D eigenvalue weighted by molar-refractivity contribution is -0.140. The van der Waals surface area contributed by atoms with Crippen molar-refractivity contribution in [1.82, 2.24) is 9.80 Å². The van der Waals surface area contributed by atoms with Crippen LogP contribution in [0.2, 0.25) is 0 Å². The van der Waals surface area contributed by atoms with E-state index in [0.29, 0.717) is 17.1 Å². The summed E-state index contributed by atoms with van der Waals surface area (Å²) in [7, 11) is 0. The SMILES string of the molecule is CCC1CCN(C2CCN([C@H]3CC4(C[C@H](C(C)=O)C4)C3)CC2)CC1. The Morgan fingerprint density at radius 2 is 1.42 bits per heavy atom. The maximum atomic E-state index is 11.4. The monoisotopic (exact) mass is 332 g/mol. The molecule has 0 aromatic rings. The average molecular weight is 333 g/mol. The lowest BCUT2D eigenvalue weighted by atomic mass is 9.49. The molecular formula is C21H36N2O. The smallest absolute Gasteiger partial charge is 0.132 e. The van der Waals surface area contributed by atoms with Gasteiger partial charge in [-0.05, 0) is 95.8 Å². The van der Waals surface area contributed by atoms with E-state index in [1.807, 2.05) is 0 Å². The van der Waals surface area contributed by atoms with Crippen LogP contribution in [0.5, 0.6) is 0 Å². The van der Waals surface area contributed by atoms with Crippen molar-refractivity contribution in [2.24, 2.45) is 17.3 Å². The minimum atomic E-state index is 0.405. The van der Waals surface area contributed by atoms with Gasteiger partial charge in [-0.25, -0.2) is 0 Å². The first-order valence-corrected chi connectivity index (χ1v) is 10.6. The number of carbonyl (C=O) groups excluding carboxylic acids is 1. The molecule has 0 unspecified atom stereocenters. The Bertz CT molecular complexity index is 446. The summed E-state index contributed by atoms with van der Waals surface area (Å²) in [5, 5.41) is 0. The van der Waals surface area contributed by atoms with Gasteiger partial charge in [-0.3, -0.25) is 4.79 Å². The van der Waals surface area contributed by atoms with Crippen LogP contribution in [0.15, 0.2) is 0 Å². The van der Waals surface area contributed by atoms with E-state index < -0.39 is 0 Å². The van der Waals surface area contributed by atoms with Crippen molar-refractivity contribution in [2.45, 2.75) is 83.7 Å². The van der Waals surface area contributed by atoms with Crippen LogP contribution >= 0.6 is 0 Å². The molecule has 2 aliphatic carbocycles. The van der Waals surface area contributed by atoms with Crippen molar-refractivity contribution in [3.8, 4) is 0 Å². The third-order valence-corrected chi connectivity index (χ3v) is 8.03. The Hall–Kier alpha value is -0.410. The summed E-state index contributed by atoms with van der Waals surface area (Å²) in [6, 6.07) is 1.70. The second-order valence-electron chi connectivity index (χ2n) is 9.43. The summed E-state index contributed by atoms with van der Waals surface area (Å²) in [6.07, 6.45) is 12.2. The van der Waals surface area contributed by atoms with Crippen molar-refractivity contribution < 1.29 is 4.79 Å². The topological polar surface area (TPSA) is 23.6 Å². The van der Waals surface area contributed by atoms with Crippen molar-refractivity contribution >= 4 is 5.78 Å². The number of rotatable bonds is 4. The van der Waals surface area contributed by atoms with Gasteiger partial charge in [0, 0.05) is 18.0 Å². The molecule has 0 bridgehead atoms. The fourth-order valence-corrected chi connectivity index (χ4v) is 6.15. The molecule has 0 amide bonds. The largest absolute Gasteiger partial charge is 0.300 e. The number of ketones is 1. The zero-order chi connectivity index (χ0) is 16.7. The van der Waals surface area contributed by atoms with Gasteiger partial charge in [0.15, 0.2) is 0 Å². The lowest BCUT2D eigenvalue weighted by Crippen LogP contribution is -2.59. The van der Waals surface area contributed by atoms with Crippen LogP contribution in [0.1, 0.15) is 71.6 Å². The van der Waals surface area contributed by atoms with Gasteiger partial charge in [0.25, 0.3) is 0 Å². The highest BCUT2D eigenvalue weighted by Gasteiger charge is 2.55. The molecule has 0 atom stereocenters. The maximum Gasteiger partial charge on any atom is 0.132 e. The van der Waals surface area contributed by atoms with Crippen molar-refractivity contribution in [2.75, 3.05) is 26.2 Å². The zero-order valence-corrected chi connectivity index (χ0v) is 15.8. The quantitative estimate of drug-likeness (QED) is 0.784. The van der Waals surface area contributed by atoms with Crippen molar-refractivity contribution in [1.29, 1.82) is 0 Å². The molecule has 0 N–H and O–H groups in total. The molecule has 4 rings (SSSR count). The highest BCUT2D eigenvalue weighted by atomic mass is 16.1. The van der Waals surface area contributed by atoms with Crippen molar-refractivity contribution in [3.63, 3.8) is 0 Å². The van der Waals surface area contributed by atoms with Crippen LogP contribution in [-0.4, -0.2) is 53.8 Å². The molecule has 24 heavy (non-hydrogen) atoms. The number of hydrogen-bond donors (Lipinski definition) is 0. The molecule has 1 spiro atoms. The fourth-order valence-electron chi connectivity index (χ4n) is 6.15. The third kappa shape index (κ3) is 3.19. The van der Waals surface area contributed by atoms with E-state index >= 15 is 0 Å². The van der Waals surface area contributed by atoms with E-state index in [2.05, 4.69) is 16.7 Å². The highest BCUT2D eigenvalue weighted by Crippen LogP contribution is 2.60. The van der Waals surface area contributed by atoms with Crippen LogP contribution < -0.4 is 0 Å². The van der Waals surface area contributed by atoms with Crippen LogP contribution in [0, 0.1) is 17.3 Å². The second-order valence-corrected chi connectivity index (χ2v) is 9.43. The summed E-state index contributed by atoms with van der Waals surface area (Å²) in [5.74, 6) is 1.83. The van der Waals surface area contributed by atoms with Gasteiger partial charge in [0.2, 0.25) is 0 Å². The summed E-state index contributed by atoms with van der Waals surface area (Å²) in [5.41, 5.74) is 0.583. The summed E-state index contributed by atoms with van der Waals surface area (Å²) >= 11 is 0. The van der Waals surface area contributed by atoms with Crippen LogP contribution in [-0.2, 0) is 4.79 Å². The lowest BCUT2D eigenvalue weighted by Gasteiger charge is -2.60. The van der Waals surface area contributed by atoms with E-state index in [9.17, 15) is 4.79 Å². The standard InChI is InChI=1S/C21H36N2O/c1-3-17-4-8-22(9-5-17)19-6-10-23(11-7-19)20-14-21(15-20)12-18(13-21)16(2)24/h17-20H,3-15H2,1-2H3/t18-,20-,21?. The van der Waals surface area contributed by atoms with Gasteiger partial charge in [0.05, 0.1) is 0 Å². The number of carbonyl (C=O) groups is 1. The first-order valence-electron chi connectivity index (χ1n) is 10.6. The number of hydrogen-bond acceptors (Lipinski definition) is 3. The van der Waals surface area contributed by atoms with Crippen LogP contribution in [0.25, 0.3) is 0 Å². The molecule has 4 fully saturated rings. The van der Waals surface area contributed by atoms with Gasteiger partial charge < -0.3 is 9.80 Å². The molecule has 2 aliphatic heterocycles. The molecule has 0 aromatic heterocycles. The molecule has 2 saturated heterocycles. The number of piperidine rings is 2. The third-order valence-electron chi connectivity index (χ3n) is 8.03. The predicted octanol–water partition coefficient (Wildman–Crippen LogP) is 3.72. The van der Waals surface area contributed by atoms with Gasteiger partial charge in [0.1, 0.15) is 5.78 Å². The Kier molecular flexibility index (Phi) is 4.77. The number of nitrogens with zero attached hydrogens (tertiary/aromatic N) is 2. The first kappa shape index (κ1) is 17.0. The molecule has 2 heterocycles. The Balaban J connectivity index is 1.18. The van der Waals surface area contributed by atoms with Gasteiger partial charge in [-0.2, -0.15) is 0 Å². The molecule has 0 aromatic carbocycles. The van der Waals surface area contributed by atoms with Gasteiger partial charge in [-0.1, -0.05) is 13.3 Å². The maximum absolute atomic E-state index is 11.4. The Morgan fingerprint density at radius 3 is 1.96 bits per heavy atom. The summed E-state index contributed by atoms with van der Waals surface area (Å²) < 4.78 is 0. The van der Waals surface area contributed by atoms with Crippen molar-refractivity contribution in [3.05, 3.63) is 0 Å². The molecule has 0 radical (unpaired) electrons. The molecule has 4 aliphatic rings. The molecular weight excluding hydrogens is 296 g/mol. The average Bonchev–Trinajstić information content (AvgIpc) is 2.53. The van der Waals surface area contributed by atoms with E-state index in [1.54, 1.807) is 6.92 Å². The molecule has 2 saturated carbocycles. The Morgan fingerprint density at radius 1 is 0.875 bits per heavy atom. The zero-order valence-electron chi connectivity index (χ0n) is 15.8. The van der Waals surface area contributed by atoms with E-state index in [0.717, 1.165) is 18.0 Å². The normalized spacial score (nSPS) is 39.6. The first-order chi connectivity index (χ1) is 11.6.